The maximum absolute atomic E-state index is 13.0. The highest BCUT2D eigenvalue weighted by Gasteiger charge is 2.19. The third-order valence-electron chi connectivity index (χ3n) is 4.98. The number of carbonyl (C=O) groups excluding carboxylic acids is 2. The van der Waals surface area contributed by atoms with E-state index in [0.717, 1.165) is 16.0 Å². The van der Waals surface area contributed by atoms with Crippen molar-refractivity contribution in [3.8, 4) is 0 Å². The van der Waals surface area contributed by atoms with Crippen molar-refractivity contribution in [2.45, 2.75) is 44.7 Å². The van der Waals surface area contributed by atoms with Gasteiger partial charge in [0.1, 0.15) is 21.7 Å². The standard InChI is InChI=1S/C22H24FN3O4S2/c1-11-13(3)32-21-19(11)20(28)25-17(26-21)10-31-14(4)22(29)30-9-18(27)24-12(2)15-5-7-16(23)8-6-15/h5-8,12,14H,9-10H2,1-4H3,(H,24,27)(H,25,26,28). The van der Waals surface area contributed by atoms with Crippen LogP contribution >= 0.6 is 23.1 Å². The number of aromatic nitrogens is 2. The highest BCUT2D eigenvalue weighted by atomic mass is 32.2. The number of fused-ring (bicyclic) bond motifs is 1. The lowest BCUT2D eigenvalue weighted by atomic mass is 10.1. The number of esters is 1. The number of ether oxygens (including phenoxy) is 1. The van der Waals surface area contributed by atoms with Crippen molar-refractivity contribution in [3.63, 3.8) is 0 Å². The van der Waals surface area contributed by atoms with Gasteiger partial charge in [-0.05, 0) is 51.0 Å². The molecule has 0 aliphatic carbocycles. The molecule has 0 bridgehead atoms. The van der Waals surface area contributed by atoms with Gasteiger partial charge in [-0.15, -0.1) is 23.1 Å². The Kier molecular flexibility index (Phi) is 7.68. The first-order valence-corrected chi connectivity index (χ1v) is 11.8. The number of nitrogens with zero attached hydrogens (tertiary/aromatic N) is 1. The fourth-order valence-electron chi connectivity index (χ4n) is 3.01. The molecule has 2 atom stereocenters. The lowest BCUT2D eigenvalue weighted by Gasteiger charge is -2.15. The molecule has 2 N–H and O–H groups in total. The molecule has 0 fully saturated rings. The van der Waals surface area contributed by atoms with Crippen molar-refractivity contribution in [2.24, 2.45) is 0 Å². The van der Waals surface area contributed by atoms with Gasteiger partial charge in [0.25, 0.3) is 11.5 Å². The fourth-order valence-corrected chi connectivity index (χ4v) is 4.81. The van der Waals surface area contributed by atoms with E-state index in [1.807, 2.05) is 13.8 Å². The van der Waals surface area contributed by atoms with Crippen LogP contribution in [0.3, 0.4) is 0 Å². The Morgan fingerprint density at radius 1 is 1.25 bits per heavy atom. The second-order valence-corrected chi connectivity index (χ2v) is 9.91. The Morgan fingerprint density at radius 3 is 2.62 bits per heavy atom. The van der Waals surface area contributed by atoms with E-state index >= 15 is 0 Å². The number of aryl methyl sites for hydroxylation is 2. The number of halogens is 1. The summed E-state index contributed by atoms with van der Waals surface area (Å²) in [4.78, 5) is 45.6. The number of hydrogen-bond donors (Lipinski definition) is 2. The molecule has 10 heteroatoms. The van der Waals surface area contributed by atoms with Crippen LogP contribution in [0.5, 0.6) is 0 Å². The SMILES string of the molecule is Cc1sc2nc(CSC(C)C(=O)OCC(=O)NC(C)c3ccc(F)cc3)[nH]c(=O)c2c1C. The number of amides is 1. The normalized spacial score (nSPS) is 13.0. The summed E-state index contributed by atoms with van der Waals surface area (Å²) in [6, 6.07) is 5.45. The smallest absolute Gasteiger partial charge is 0.319 e. The quantitative estimate of drug-likeness (QED) is 0.479. The van der Waals surface area contributed by atoms with Crippen molar-refractivity contribution in [2.75, 3.05) is 6.61 Å². The Bertz CT molecular complexity index is 1190. The fraction of sp³-hybridized carbons (Fsp3) is 0.364. The molecule has 0 spiro atoms. The molecule has 1 aromatic carbocycles. The molecule has 0 aliphatic heterocycles. The number of benzene rings is 1. The van der Waals surface area contributed by atoms with Gasteiger partial charge in [0.05, 0.1) is 17.2 Å². The van der Waals surface area contributed by atoms with Crippen molar-refractivity contribution < 1.29 is 18.7 Å². The minimum atomic E-state index is -0.551. The monoisotopic (exact) mass is 477 g/mol. The van der Waals surface area contributed by atoms with E-state index < -0.39 is 23.7 Å². The minimum Gasteiger partial charge on any atom is -0.455 e. The lowest BCUT2D eigenvalue weighted by molar-refractivity contribution is -0.147. The Labute approximate surface area is 192 Å². The van der Waals surface area contributed by atoms with Gasteiger partial charge in [-0.2, -0.15) is 0 Å². The van der Waals surface area contributed by atoms with Crippen LogP contribution in [0, 0.1) is 19.7 Å². The predicted molar refractivity (Wildman–Crippen MR) is 124 cm³/mol. The zero-order valence-electron chi connectivity index (χ0n) is 18.2. The second-order valence-electron chi connectivity index (χ2n) is 7.38. The number of nitrogens with one attached hydrogen (secondary N) is 2. The van der Waals surface area contributed by atoms with Crippen molar-refractivity contribution >= 4 is 45.2 Å². The average Bonchev–Trinajstić information content (AvgIpc) is 3.04. The van der Waals surface area contributed by atoms with E-state index in [-0.39, 0.29) is 17.4 Å². The van der Waals surface area contributed by atoms with E-state index in [2.05, 4.69) is 15.3 Å². The molecule has 0 radical (unpaired) electrons. The Balaban J connectivity index is 1.48. The van der Waals surface area contributed by atoms with E-state index in [1.54, 1.807) is 26.0 Å². The number of carbonyl (C=O) groups is 2. The van der Waals surface area contributed by atoms with Crippen LogP contribution in [-0.2, 0) is 20.1 Å². The average molecular weight is 478 g/mol. The van der Waals surface area contributed by atoms with Gasteiger partial charge in [-0.3, -0.25) is 14.4 Å². The Morgan fingerprint density at radius 2 is 1.94 bits per heavy atom. The topological polar surface area (TPSA) is 101 Å². The maximum atomic E-state index is 13.0. The zero-order chi connectivity index (χ0) is 23.4. The van der Waals surface area contributed by atoms with Crippen molar-refractivity contribution in [1.29, 1.82) is 0 Å². The summed E-state index contributed by atoms with van der Waals surface area (Å²) in [5, 5.41) is 2.76. The second kappa shape index (κ2) is 10.3. The molecule has 3 aromatic rings. The van der Waals surface area contributed by atoms with E-state index in [9.17, 15) is 18.8 Å². The first-order chi connectivity index (χ1) is 15.2. The number of thiophene rings is 1. The molecule has 2 heterocycles. The maximum Gasteiger partial charge on any atom is 0.319 e. The van der Waals surface area contributed by atoms with Crippen LogP contribution in [0.15, 0.2) is 29.1 Å². The number of thioether (sulfide) groups is 1. The minimum absolute atomic E-state index is 0.186. The molecule has 170 valence electrons. The molecular formula is C22H24FN3O4S2. The van der Waals surface area contributed by atoms with Crippen LogP contribution in [0.2, 0.25) is 0 Å². The molecule has 0 saturated heterocycles. The molecule has 3 rings (SSSR count). The van der Waals surface area contributed by atoms with E-state index in [1.165, 1.54) is 35.2 Å². The van der Waals surface area contributed by atoms with Crippen molar-refractivity contribution in [3.05, 3.63) is 62.3 Å². The van der Waals surface area contributed by atoms with Crippen molar-refractivity contribution in [1.82, 2.24) is 15.3 Å². The summed E-state index contributed by atoms with van der Waals surface area (Å²) < 4.78 is 18.1. The highest BCUT2D eigenvalue weighted by molar-refractivity contribution is 7.99. The number of H-pyrrole nitrogens is 1. The highest BCUT2D eigenvalue weighted by Crippen LogP contribution is 2.26. The van der Waals surface area contributed by atoms with Crippen LogP contribution in [0.4, 0.5) is 4.39 Å². The molecule has 1 amide bonds. The molecule has 0 saturated carbocycles. The van der Waals surface area contributed by atoms with Gasteiger partial charge in [0.15, 0.2) is 6.61 Å². The predicted octanol–water partition coefficient (Wildman–Crippen LogP) is 3.78. The molecular weight excluding hydrogens is 453 g/mol. The summed E-state index contributed by atoms with van der Waals surface area (Å²) >= 11 is 2.73. The van der Waals surface area contributed by atoms with Gasteiger partial charge in [0.2, 0.25) is 0 Å². The van der Waals surface area contributed by atoms with Gasteiger partial charge in [-0.1, -0.05) is 12.1 Å². The number of hydrogen-bond acceptors (Lipinski definition) is 7. The van der Waals surface area contributed by atoms with E-state index in [4.69, 9.17) is 4.74 Å². The molecule has 32 heavy (non-hydrogen) atoms. The number of aromatic amines is 1. The molecule has 0 aliphatic rings. The number of rotatable bonds is 8. The lowest BCUT2D eigenvalue weighted by Crippen LogP contribution is -2.32. The molecule has 7 nitrogen and oxygen atoms in total. The van der Waals surface area contributed by atoms with Crippen LogP contribution in [-0.4, -0.2) is 33.7 Å². The van der Waals surface area contributed by atoms with Gasteiger partial charge >= 0.3 is 5.97 Å². The third kappa shape index (κ3) is 5.74. The zero-order valence-corrected chi connectivity index (χ0v) is 19.8. The van der Waals surface area contributed by atoms with Crippen LogP contribution in [0.25, 0.3) is 10.2 Å². The van der Waals surface area contributed by atoms with Gasteiger partial charge < -0.3 is 15.0 Å². The Hall–Kier alpha value is -2.72. The van der Waals surface area contributed by atoms with Gasteiger partial charge in [-0.25, -0.2) is 9.37 Å². The largest absolute Gasteiger partial charge is 0.455 e. The van der Waals surface area contributed by atoms with Crippen LogP contribution < -0.4 is 10.9 Å². The molecule has 2 unspecified atom stereocenters. The first kappa shape index (κ1) is 23.9. The van der Waals surface area contributed by atoms with Crippen LogP contribution in [0.1, 0.15) is 41.7 Å². The summed E-state index contributed by atoms with van der Waals surface area (Å²) in [5.41, 5.74) is 1.49. The summed E-state index contributed by atoms with van der Waals surface area (Å²) in [6.45, 7) is 6.86. The summed E-state index contributed by atoms with van der Waals surface area (Å²) in [6.07, 6.45) is 0. The third-order valence-corrected chi connectivity index (χ3v) is 7.22. The molecule has 2 aromatic heterocycles. The summed E-state index contributed by atoms with van der Waals surface area (Å²) in [7, 11) is 0. The van der Waals surface area contributed by atoms with E-state index in [0.29, 0.717) is 21.8 Å². The summed E-state index contributed by atoms with van der Waals surface area (Å²) in [5.74, 6) is -0.532. The first-order valence-electron chi connectivity index (χ1n) is 9.97. The van der Waals surface area contributed by atoms with Gasteiger partial charge in [0, 0.05) is 4.88 Å².